The minimum absolute atomic E-state index is 0.0600. The van der Waals surface area contributed by atoms with E-state index >= 15 is 0 Å². The van der Waals surface area contributed by atoms with Crippen LogP contribution < -0.4 is 5.73 Å². The van der Waals surface area contributed by atoms with E-state index in [0.717, 1.165) is 5.56 Å². The summed E-state index contributed by atoms with van der Waals surface area (Å²) in [6.45, 7) is 0.0123. The molecule has 0 bridgehead atoms. The summed E-state index contributed by atoms with van der Waals surface area (Å²) in [5.41, 5.74) is 7.24. The third kappa shape index (κ3) is 2.77. The van der Waals surface area contributed by atoms with E-state index in [1.807, 2.05) is 6.07 Å². The Morgan fingerprint density at radius 2 is 2.15 bits per heavy atom. The molecule has 4 N–H and O–H groups in total. The molecule has 0 aromatic carbocycles. The van der Waals surface area contributed by atoms with E-state index in [-0.39, 0.29) is 19.3 Å². The number of nitrogens with zero attached hydrogens (tertiary/aromatic N) is 1. The number of hydrogen-bond donors (Lipinski definition) is 3. The fraction of sp³-hybridized carbons (Fsp3) is 0.444. The maximum Gasteiger partial charge on any atom is 0.0852 e. The molecular formula is C9H14N2O2. The van der Waals surface area contributed by atoms with Gasteiger partial charge in [-0.15, -0.1) is 0 Å². The van der Waals surface area contributed by atoms with Crippen LogP contribution in [-0.2, 0) is 6.61 Å². The molecule has 1 unspecified atom stereocenters. The molecule has 1 atom stereocenters. The molecule has 0 spiro atoms. The van der Waals surface area contributed by atoms with Crippen molar-refractivity contribution in [2.24, 2.45) is 5.73 Å². The molecule has 1 aromatic rings. The van der Waals surface area contributed by atoms with E-state index in [0.29, 0.717) is 12.1 Å². The maximum atomic E-state index is 8.74. The smallest absolute Gasteiger partial charge is 0.0852 e. The summed E-state index contributed by atoms with van der Waals surface area (Å²) < 4.78 is 0. The molecule has 4 heteroatoms. The van der Waals surface area contributed by atoms with Gasteiger partial charge in [-0.3, -0.25) is 4.98 Å². The van der Waals surface area contributed by atoms with Crippen LogP contribution in [-0.4, -0.2) is 21.8 Å². The second kappa shape index (κ2) is 4.91. The topological polar surface area (TPSA) is 79.4 Å². The van der Waals surface area contributed by atoms with Gasteiger partial charge in [-0.25, -0.2) is 0 Å². The highest BCUT2D eigenvalue weighted by Gasteiger charge is 2.04. The van der Waals surface area contributed by atoms with Crippen LogP contribution in [0.3, 0.4) is 0 Å². The van der Waals surface area contributed by atoms with Gasteiger partial charge >= 0.3 is 0 Å². The Bertz CT molecular complexity index is 248. The summed E-state index contributed by atoms with van der Waals surface area (Å²) in [6.07, 6.45) is 2.16. The van der Waals surface area contributed by atoms with Crippen LogP contribution in [0.1, 0.15) is 23.7 Å². The number of rotatable bonds is 4. The average molecular weight is 182 g/mol. The van der Waals surface area contributed by atoms with Gasteiger partial charge in [-0.05, 0) is 18.1 Å². The molecule has 0 radical (unpaired) electrons. The molecule has 72 valence electrons. The van der Waals surface area contributed by atoms with Crippen molar-refractivity contribution in [2.75, 3.05) is 6.61 Å². The van der Waals surface area contributed by atoms with E-state index in [4.69, 9.17) is 15.9 Å². The molecule has 0 fully saturated rings. The standard InChI is InChI=1S/C9H14N2O2/c10-9(3-4-12)7-1-2-8(6-13)11-5-7/h1-2,5,9,12-13H,3-4,6,10H2. The number of hydrogen-bond acceptors (Lipinski definition) is 4. The van der Waals surface area contributed by atoms with Gasteiger partial charge in [-0.2, -0.15) is 0 Å². The Kier molecular flexibility index (Phi) is 3.82. The lowest BCUT2D eigenvalue weighted by atomic mass is 10.1. The lowest BCUT2D eigenvalue weighted by Gasteiger charge is -2.09. The highest BCUT2D eigenvalue weighted by molar-refractivity contribution is 5.16. The Hall–Kier alpha value is -0.970. The van der Waals surface area contributed by atoms with Crippen LogP contribution in [0.15, 0.2) is 18.3 Å². The van der Waals surface area contributed by atoms with E-state index in [1.54, 1.807) is 12.3 Å². The number of nitrogens with two attached hydrogens (primary N) is 1. The van der Waals surface area contributed by atoms with Gasteiger partial charge in [0.15, 0.2) is 0 Å². The van der Waals surface area contributed by atoms with E-state index in [1.165, 1.54) is 0 Å². The Morgan fingerprint density at radius 1 is 1.38 bits per heavy atom. The van der Waals surface area contributed by atoms with Gasteiger partial charge < -0.3 is 15.9 Å². The first kappa shape index (κ1) is 10.1. The predicted octanol–water partition coefficient (Wildman–Crippen LogP) is -0.0439. The maximum absolute atomic E-state index is 8.74. The molecule has 0 aliphatic rings. The number of aliphatic hydroxyl groups excluding tert-OH is 2. The van der Waals surface area contributed by atoms with Gasteiger partial charge in [-0.1, -0.05) is 6.07 Å². The molecular weight excluding hydrogens is 168 g/mol. The van der Waals surface area contributed by atoms with Crippen molar-refractivity contribution in [1.82, 2.24) is 4.98 Å². The van der Waals surface area contributed by atoms with E-state index < -0.39 is 0 Å². The SMILES string of the molecule is NC(CCO)c1ccc(CO)nc1. The summed E-state index contributed by atoms with van der Waals surface area (Å²) in [5, 5.41) is 17.4. The zero-order chi connectivity index (χ0) is 9.68. The fourth-order valence-electron chi connectivity index (χ4n) is 1.05. The predicted molar refractivity (Wildman–Crippen MR) is 48.8 cm³/mol. The second-order valence-corrected chi connectivity index (χ2v) is 2.86. The van der Waals surface area contributed by atoms with Gasteiger partial charge in [0.2, 0.25) is 0 Å². The summed E-state index contributed by atoms with van der Waals surface area (Å²) in [5.74, 6) is 0. The Morgan fingerprint density at radius 3 is 2.62 bits per heavy atom. The highest BCUT2D eigenvalue weighted by atomic mass is 16.3. The molecule has 1 aromatic heterocycles. The zero-order valence-electron chi connectivity index (χ0n) is 7.35. The van der Waals surface area contributed by atoms with Crippen LogP contribution in [0.25, 0.3) is 0 Å². The van der Waals surface area contributed by atoms with Crippen LogP contribution in [0.4, 0.5) is 0 Å². The van der Waals surface area contributed by atoms with Gasteiger partial charge in [0, 0.05) is 18.8 Å². The summed E-state index contributed by atoms with van der Waals surface area (Å²) >= 11 is 0. The van der Waals surface area contributed by atoms with Crippen molar-refractivity contribution in [1.29, 1.82) is 0 Å². The molecule has 4 nitrogen and oxygen atoms in total. The van der Waals surface area contributed by atoms with Crippen LogP contribution in [0.5, 0.6) is 0 Å². The fourth-order valence-corrected chi connectivity index (χ4v) is 1.05. The summed E-state index contributed by atoms with van der Waals surface area (Å²) in [6, 6.07) is 3.37. The van der Waals surface area contributed by atoms with Crippen molar-refractivity contribution >= 4 is 0 Å². The van der Waals surface area contributed by atoms with Crippen molar-refractivity contribution in [3.8, 4) is 0 Å². The molecule has 0 aliphatic carbocycles. The van der Waals surface area contributed by atoms with E-state index in [2.05, 4.69) is 4.98 Å². The minimum Gasteiger partial charge on any atom is -0.396 e. The lowest BCUT2D eigenvalue weighted by molar-refractivity contribution is 0.274. The molecule has 0 saturated carbocycles. The van der Waals surface area contributed by atoms with Crippen molar-refractivity contribution in [2.45, 2.75) is 19.1 Å². The molecule has 0 aliphatic heterocycles. The van der Waals surface area contributed by atoms with Crippen LogP contribution >= 0.6 is 0 Å². The summed E-state index contributed by atoms with van der Waals surface area (Å²) in [4.78, 5) is 3.99. The summed E-state index contributed by atoms with van der Waals surface area (Å²) in [7, 11) is 0. The second-order valence-electron chi connectivity index (χ2n) is 2.86. The van der Waals surface area contributed by atoms with Gasteiger partial charge in [0.25, 0.3) is 0 Å². The van der Waals surface area contributed by atoms with Crippen molar-refractivity contribution in [3.63, 3.8) is 0 Å². The van der Waals surface area contributed by atoms with Crippen molar-refractivity contribution < 1.29 is 10.2 Å². The largest absolute Gasteiger partial charge is 0.396 e. The number of aromatic nitrogens is 1. The Balaban J connectivity index is 2.67. The molecule has 13 heavy (non-hydrogen) atoms. The van der Waals surface area contributed by atoms with Crippen molar-refractivity contribution in [3.05, 3.63) is 29.6 Å². The van der Waals surface area contributed by atoms with E-state index in [9.17, 15) is 0 Å². The molecule has 1 heterocycles. The quantitative estimate of drug-likeness (QED) is 0.610. The number of pyridine rings is 1. The Labute approximate surface area is 77.0 Å². The first-order chi connectivity index (χ1) is 6.27. The lowest BCUT2D eigenvalue weighted by Crippen LogP contribution is -2.12. The number of aliphatic hydroxyl groups is 2. The minimum atomic E-state index is -0.176. The monoisotopic (exact) mass is 182 g/mol. The first-order valence-corrected chi connectivity index (χ1v) is 4.20. The first-order valence-electron chi connectivity index (χ1n) is 4.20. The van der Waals surface area contributed by atoms with Gasteiger partial charge in [0.1, 0.15) is 0 Å². The molecule has 1 rings (SSSR count). The average Bonchev–Trinajstić information content (AvgIpc) is 2.18. The third-order valence-electron chi connectivity index (χ3n) is 1.88. The van der Waals surface area contributed by atoms with Gasteiger partial charge in [0.05, 0.1) is 12.3 Å². The normalized spacial score (nSPS) is 12.8. The molecule has 0 saturated heterocycles. The molecule has 0 amide bonds. The van der Waals surface area contributed by atoms with Crippen LogP contribution in [0, 0.1) is 0 Å². The zero-order valence-corrected chi connectivity index (χ0v) is 7.35. The third-order valence-corrected chi connectivity index (χ3v) is 1.88. The highest BCUT2D eigenvalue weighted by Crippen LogP contribution is 2.12. The van der Waals surface area contributed by atoms with Crippen LogP contribution in [0.2, 0.25) is 0 Å².